The number of nitrogens with one attached hydrogen (secondary N) is 1. The van der Waals surface area contributed by atoms with Crippen molar-refractivity contribution in [2.24, 2.45) is 0 Å². The molecular weight excluding hydrogens is 234 g/mol. The molecule has 0 bridgehead atoms. The first kappa shape index (κ1) is 16.1. The monoisotopic (exact) mass is 265 g/mol. The molecule has 0 aromatic carbocycles. The van der Waals surface area contributed by atoms with Gasteiger partial charge < -0.3 is 9.88 Å². The van der Waals surface area contributed by atoms with Crippen LogP contribution in [0.5, 0.6) is 0 Å². The summed E-state index contributed by atoms with van der Waals surface area (Å²) in [5.41, 5.74) is 0. The van der Waals surface area contributed by atoms with Crippen LogP contribution < -0.4 is 5.32 Å². The first-order valence-electron chi connectivity index (χ1n) is 8.13. The number of rotatable bonds is 12. The van der Waals surface area contributed by atoms with E-state index < -0.39 is 0 Å². The van der Waals surface area contributed by atoms with Crippen molar-refractivity contribution in [3.63, 3.8) is 0 Å². The Morgan fingerprint density at radius 2 is 1.63 bits per heavy atom. The molecule has 1 aromatic rings. The summed E-state index contributed by atoms with van der Waals surface area (Å²) in [4.78, 5) is 4.35. The summed E-state index contributed by atoms with van der Waals surface area (Å²) >= 11 is 0. The molecule has 19 heavy (non-hydrogen) atoms. The molecule has 0 aliphatic heterocycles. The van der Waals surface area contributed by atoms with E-state index >= 15 is 0 Å². The molecule has 0 fully saturated rings. The molecule has 0 saturated heterocycles. The minimum atomic E-state index is 1.03. The molecule has 1 aromatic heterocycles. The standard InChI is InChI=1S/C16H31N3/c1-3-5-6-7-8-9-10-11-12-17-16-18-13-15-19(16)14-4-2/h13,15H,3-12,14H2,1-2H3,(H,17,18). The highest BCUT2D eigenvalue weighted by molar-refractivity contribution is 5.25. The SMILES string of the molecule is CCCCCCCCCCNc1nccn1CCC. The molecule has 110 valence electrons. The lowest BCUT2D eigenvalue weighted by Crippen LogP contribution is -2.08. The van der Waals surface area contributed by atoms with E-state index in [1.807, 2.05) is 6.20 Å². The number of unbranched alkanes of at least 4 members (excludes halogenated alkanes) is 7. The molecule has 0 unspecified atom stereocenters. The number of nitrogens with zero attached hydrogens (tertiary/aromatic N) is 2. The largest absolute Gasteiger partial charge is 0.356 e. The molecule has 0 amide bonds. The van der Waals surface area contributed by atoms with Crippen LogP contribution in [-0.4, -0.2) is 16.1 Å². The van der Waals surface area contributed by atoms with Crippen LogP contribution in [0.4, 0.5) is 5.95 Å². The second-order valence-electron chi connectivity index (χ2n) is 5.35. The average Bonchev–Trinajstić information content (AvgIpc) is 2.85. The van der Waals surface area contributed by atoms with Crippen molar-refractivity contribution >= 4 is 5.95 Å². The van der Waals surface area contributed by atoms with Crippen molar-refractivity contribution < 1.29 is 0 Å². The van der Waals surface area contributed by atoms with Gasteiger partial charge in [0.1, 0.15) is 0 Å². The molecule has 1 N–H and O–H groups in total. The van der Waals surface area contributed by atoms with E-state index in [1.165, 1.54) is 51.4 Å². The van der Waals surface area contributed by atoms with Crippen LogP contribution in [0, 0.1) is 0 Å². The van der Waals surface area contributed by atoms with Gasteiger partial charge in [-0.25, -0.2) is 4.98 Å². The fourth-order valence-electron chi connectivity index (χ4n) is 2.36. The maximum atomic E-state index is 4.35. The van der Waals surface area contributed by atoms with Crippen molar-refractivity contribution in [1.29, 1.82) is 0 Å². The van der Waals surface area contributed by atoms with Crippen LogP contribution in [0.3, 0.4) is 0 Å². The molecule has 0 aliphatic rings. The Hall–Kier alpha value is -0.990. The number of aromatic nitrogens is 2. The van der Waals surface area contributed by atoms with Gasteiger partial charge in [-0.1, -0.05) is 58.8 Å². The predicted molar refractivity (Wildman–Crippen MR) is 83.6 cm³/mol. The van der Waals surface area contributed by atoms with Crippen LogP contribution in [-0.2, 0) is 6.54 Å². The maximum Gasteiger partial charge on any atom is 0.202 e. The van der Waals surface area contributed by atoms with Crippen LogP contribution in [0.25, 0.3) is 0 Å². The summed E-state index contributed by atoms with van der Waals surface area (Å²) in [5, 5.41) is 3.44. The predicted octanol–water partition coefficient (Wildman–Crippen LogP) is 4.85. The quantitative estimate of drug-likeness (QED) is 0.548. The lowest BCUT2D eigenvalue weighted by molar-refractivity contribution is 0.580. The maximum absolute atomic E-state index is 4.35. The average molecular weight is 265 g/mol. The van der Waals surface area contributed by atoms with Crippen molar-refractivity contribution in [3.05, 3.63) is 12.4 Å². The Morgan fingerprint density at radius 1 is 0.947 bits per heavy atom. The third-order valence-corrected chi connectivity index (χ3v) is 3.49. The molecule has 3 heteroatoms. The van der Waals surface area contributed by atoms with E-state index in [2.05, 4.69) is 34.9 Å². The Kier molecular flexibility index (Phi) is 9.21. The molecule has 0 spiro atoms. The molecule has 0 aliphatic carbocycles. The fraction of sp³-hybridized carbons (Fsp3) is 0.812. The topological polar surface area (TPSA) is 29.9 Å². The highest BCUT2D eigenvalue weighted by Gasteiger charge is 2.00. The van der Waals surface area contributed by atoms with Crippen LogP contribution in [0.2, 0.25) is 0 Å². The summed E-state index contributed by atoms with van der Waals surface area (Å²) in [7, 11) is 0. The van der Waals surface area contributed by atoms with E-state index in [0.29, 0.717) is 0 Å². The lowest BCUT2D eigenvalue weighted by Gasteiger charge is -2.08. The fourth-order valence-corrected chi connectivity index (χ4v) is 2.36. The Bertz CT molecular complexity index is 307. The van der Waals surface area contributed by atoms with E-state index in [9.17, 15) is 0 Å². The van der Waals surface area contributed by atoms with Gasteiger partial charge in [0.2, 0.25) is 5.95 Å². The molecule has 3 nitrogen and oxygen atoms in total. The van der Waals surface area contributed by atoms with E-state index in [-0.39, 0.29) is 0 Å². The summed E-state index contributed by atoms with van der Waals surface area (Å²) in [6.07, 6.45) is 16.1. The third kappa shape index (κ3) is 7.24. The second-order valence-corrected chi connectivity index (χ2v) is 5.35. The first-order chi connectivity index (χ1) is 9.38. The summed E-state index contributed by atoms with van der Waals surface area (Å²) in [5.74, 6) is 1.03. The summed E-state index contributed by atoms with van der Waals surface area (Å²) in [6, 6.07) is 0. The normalized spacial score (nSPS) is 10.8. The number of hydrogen-bond acceptors (Lipinski definition) is 2. The van der Waals surface area contributed by atoms with Crippen molar-refractivity contribution in [1.82, 2.24) is 9.55 Å². The van der Waals surface area contributed by atoms with E-state index in [1.54, 1.807) is 0 Å². The van der Waals surface area contributed by atoms with Crippen LogP contribution >= 0.6 is 0 Å². The van der Waals surface area contributed by atoms with Gasteiger partial charge in [0.05, 0.1) is 0 Å². The molecule has 0 atom stereocenters. The minimum absolute atomic E-state index is 1.03. The highest BCUT2D eigenvalue weighted by atomic mass is 15.2. The Labute approximate surface area is 118 Å². The summed E-state index contributed by atoms with van der Waals surface area (Å²) < 4.78 is 2.20. The van der Waals surface area contributed by atoms with Gasteiger partial charge in [0.15, 0.2) is 0 Å². The number of hydrogen-bond donors (Lipinski definition) is 1. The van der Waals surface area contributed by atoms with Gasteiger partial charge in [-0.15, -0.1) is 0 Å². The number of aryl methyl sites for hydroxylation is 1. The number of anilines is 1. The zero-order valence-corrected chi connectivity index (χ0v) is 12.8. The zero-order chi connectivity index (χ0) is 13.8. The van der Waals surface area contributed by atoms with Crippen molar-refractivity contribution in [2.45, 2.75) is 78.2 Å². The molecular formula is C16H31N3. The second kappa shape index (κ2) is 10.9. The highest BCUT2D eigenvalue weighted by Crippen LogP contribution is 2.09. The summed E-state index contributed by atoms with van der Waals surface area (Å²) in [6.45, 7) is 6.58. The van der Waals surface area contributed by atoms with Gasteiger partial charge in [0.25, 0.3) is 0 Å². The zero-order valence-electron chi connectivity index (χ0n) is 12.8. The number of imidazole rings is 1. The van der Waals surface area contributed by atoms with Crippen LogP contribution in [0.1, 0.15) is 71.6 Å². The molecule has 0 saturated carbocycles. The van der Waals surface area contributed by atoms with Crippen molar-refractivity contribution in [3.8, 4) is 0 Å². The van der Waals surface area contributed by atoms with Crippen LogP contribution in [0.15, 0.2) is 12.4 Å². The van der Waals surface area contributed by atoms with Gasteiger partial charge in [-0.2, -0.15) is 0 Å². The molecule has 0 radical (unpaired) electrons. The van der Waals surface area contributed by atoms with E-state index in [4.69, 9.17) is 0 Å². The first-order valence-corrected chi connectivity index (χ1v) is 8.13. The molecule has 1 heterocycles. The van der Waals surface area contributed by atoms with Gasteiger partial charge in [-0.3, -0.25) is 0 Å². The van der Waals surface area contributed by atoms with Gasteiger partial charge >= 0.3 is 0 Å². The Morgan fingerprint density at radius 3 is 2.32 bits per heavy atom. The Balaban J connectivity index is 1.97. The van der Waals surface area contributed by atoms with E-state index in [0.717, 1.165) is 25.5 Å². The van der Waals surface area contributed by atoms with Gasteiger partial charge in [0, 0.05) is 25.5 Å². The smallest absolute Gasteiger partial charge is 0.202 e. The lowest BCUT2D eigenvalue weighted by atomic mass is 10.1. The van der Waals surface area contributed by atoms with Gasteiger partial charge in [-0.05, 0) is 12.8 Å². The van der Waals surface area contributed by atoms with Crippen molar-refractivity contribution in [2.75, 3.05) is 11.9 Å². The molecule has 1 rings (SSSR count). The third-order valence-electron chi connectivity index (χ3n) is 3.49. The minimum Gasteiger partial charge on any atom is -0.356 e.